The van der Waals surface area contributed by atoms with Gasteiger partial charge in [-0.15, -0.1) is 0 Å². The monoisotopic (exact) mass is 363 g/mol. The van der Waals surface area contributed by atoms with E-state index in [9.17, 15) is 14.4 Å². The summed E-state index contributed by atoms with van der Waals surface area (Å²) in [5.41, 5.74) is 3.71. The molecule has 0 aliphatic carbocycles. The molecule has 2 aromatic rings. The lowest BCUT2D eigenvalue weighted by Gasteiger charge is -2.32. The first-order valence-electron chi connectivity index (χ1n) is 9.08. The lowest BCUT2D eigenvalue weighted by molar-refractivity contribution is -0.123. The highest BCUT2D eigenvalue weighted by atomic mass is 16.2. The summed E-state index contributed by atoms with van der Waals surface area (Å²) in [7, 11) is 0. The Kier molecular flexibility index (Phi) is 4.49. The van der Waals surface area contributed by atoms with Gasteiger partial charge in [0.2, 0.25) is 11.8 Å². The summed E-state index contributed by atoms with van der Waals surface area (Å²) in [6.07, 6.45) is 1.09. The van der Waals surface area contributed by atoms with Crippen LogP contribution in [0.15, 0.2) is 48.5 Å². The standard InChI is InChI=1S/C21H21N3O3/c1-14(25)22-17-6-8-18(9-7-17)24-20(26)12-19(21(24)27)23-11-10-15-4-2-3-5-16(15)13-23/h2-9,19H,10-13H2,1H3,(H,22,25)/t19-/m0/s1. The fraction of sp³-hybridized carbons (Fsp3) is 0.286. The van der Waals surface area contributed by atoms with Crippen molar-refractivity contribution in [3.8, 4) is 0 Å². The molecule has 0 unspecified atom stereocenters. The summed E-state index contributed by atoms with van der Waals surface area (Å²) in [4.78, 5) is 40.0. The van der Waals surface area contributed by atoms with Crippen molar-refractivity contribution >= 4 is 29.1 Å². The third-order valence-corrected chi connectivity index (χ3v) is 5.17. The van der Waals surface area contributed by atoms with Crippen molar-refractivity contribution in [3.63, 3.8) is 0 Å². The number of amides is 3. The molecule has 0 saturated carbocycles. The molecule has 4 rings (SSSR count). The molecule has 2 aromatic carbocycles. The van der Waals surface area contributed by atoms with E-state index in [2.05, 4.69) is 22.3 Å². The van der Waals surface area contributed by atoms with Crippen LogP contribution >= 0.6 is 0 Å². The Morgan fingerprint density at radius 3 is 2.44 bits per heavy atom. The zero-order valence-electron chi connectivity index (χ0n) is 15.1. The second kappa shape index (κ2) is 6.96. The number of nitrogens with zero attached hydrogens (tertiary/aromatic N) is 2. The van der Waals surface area contributed by atoms with E-state index >= 15 is 0 Å². The van der Waals surface area contributed by atoms with Gasteiger partial charge in [-0.3, -0.25) is 19.3 Å². The van der Waals surface area contributed by atoms with Gasteiger partial charge >= 0.3 is 0 Å². The van der Waals surface area contributed by atoms with Crippen LogP contribution in [0.25, 0.3) is 0 Å². The van der Waals surface area contributed by atoms with Crippen LogP contribution in [-0.2, 0) is 27.3 Å². The molecule has 2 heterocycles. The van der Waals surface area contributed by atoms with Gasteiger partial charge in [0.15, 0.2) is 0 Å². The summed E-state index contributed by atoms with van der Waals surface area (Å²) in [5.74, 6) is -0.524. The topological polar surface area (TPSA) is 69.7 Å². The number of nitrogens with one attached hydrogen (secondary N) is 1. The van der Waals surface area contributed by atoms with Gasteiger partial charge in [-0.1, -0.05) is 24.3 Å². The Hall–Kier alpha value is -2.99. The second-order valence-electron chi connectivity index (χ2n) is 7.00. The Balaban J connectivity index is 1.52. The van der Waals surface area contributed by atoms with Crippen LogP contribution < -0.4 is 10.2 Å². The highest BCUT2D eigenvalue weighted by molar-refractivity contribution is 6.22. The molecule has 0 bridgehead atoms. The molecule has 1 fully saturated rings. The summed E-state index contributed by atoms with van der Waals surface area (Å²) in [5, 5.41) is 2.68. The molecular formula is C21H21N3O3. The molecule has 3 amide bonds. The molecule has 6 heteroatoms. The van der Waals surface area contributed by atoms with Crippen molar-refractivity contribution in [2.45, 2.75) is 32.4 Å². The molecule has 138 valence electrons. The van der Waals surface area contributed by atoms with Crippen LogP contribution in [0.5, 0.6) is 0 Å². The molecule has 1 N–H and O–H groups in total. The van der Waals surface area contributed by atoms with Crippen molar-refractivity contribution < 1.29 is 14.4 Å². The first-order valence-corrected chi connectivity index (χ1v) is 9.08. The molecule has 6 nitrogen and oxygen atoms in total. The highest BCUT2D eigenvalue weighted by Crippen LogP contribution is 2.29. The summed E-state index contributed by atoms with van der Waals surface area (Å²) < 4.78 is 0. The van der Waals surface area contributed by atoms with Gasteiger partial charge in [-0.05, 0) is 41.8 Å². The van der Waals surface area contributed by atoms with Gasteiger partial charge in [-0.2, -0.15) is 0 Å². The van der Waals surface area contributed by atoms with Crippen molar-refractivity contribution in [2.75, 3.05) is 16.8 Å². The third kappa shape index (κ3) is 3.36. The number of fused-ring (bicyclic) bond motifs is 1. The molecule has 0 radical (unpaired) electrons. The van der Waals surface area contributed by atoms with E-state index in [1.165, 1.54) is 23.0 Å². The Labute approximate surface area is 157 Å². The van der Waals surface area contributed by atoms with Crippen LogP contribution in [0.1, 0.15) is 24.5 Å². The van der Waals surface area contributed by atoms with Crippen LogP contribution in [0.4, 0.5) is 11.4 Å². The maximum absolute atomic E-state index is 13.0. The minimum absolute atomic E-state index is 0.165. The zero-order chi connectivity index (χ0) is 19.0. The number of anilines is 2. The predicted octanol–water partition coefficient (Wildman–Crippen LogP) is 2.34. The van der Waals surface area contributed by atoms with Crippen molar-refractivity contribution in [3.05, 3.63) is 59.7 Å². The lowest BCUT2D eigenvalue weighted by Crippen LogP contribution is -2.44. The minimum atomic E-state index is -0.416. The lowest BCUT2D eigenvalue weighted by atomic mass is 9.98. The first kappa shape index (κ1) is 17.4. The second-order valence-corrected chi connectivity index (χ2v) is 7.00. The Morgan fingerprint density at radius 1 is 1.04 bits per heavy atom. The fourth-order valence-corrected chi connectivity index (χ4v) is 3.85. The van der Waals surface area contributed by atoms with E-state index in [-0.39, 0.29) is 24.1 Å². The quantitative estimate of drug-likeness (QED) is 0.850. The average Bonchev–Trinajstić information content (AvgIpc) is 2.96. The van der Waals surface area contributed by atoms with Crippen LogP contribution in [0.3, 0.4) is 0 Å². The van der Waals surface area contributed by atoms with E-state index in [0.717, 1.165) is 13.0 Å². The third-order valence-electron chi connectivity index (χ3n) is 5.17. The van der Waals surface area contributed by atoms with E-state index in [1.807, 2.05) is 12.1 Å². The average molecular weight is 363 g/mol. The summed E-state index contributed by atoms with van der Waals surface area (Å²) >= 11 is 0. The molecular weight excluding hydrogens is 342 g/mol. The van der Waals surface area contributed by atoms with Gasteiger partial charge in [-0.25, -0.2) is 4.90 Å². The fourth-order valence-electron chi connectivity index (χ4n) is 3.85. The number of benzene rings is 2. The van der Waals surface area contributed by atoms with Crippen LogP contribution in [-0.4, -0.2) is 35.2 Å². The van der Waals surface area contributed by atoms with Crippen LogP contribution in [0, 0.1) is 0 Å². The van der Waals surface area contributed by atoms with Gasteiger partial charge < -0.3 is 5.32 Å². The van der Waals surface area contributed by atoms with Crippen molar-refractivity contribution in [2.24, 2.45) is 0 Å². The molecule has 2 aliphatic heterocycles. The largest absolute Gasteiger partial charge is 0.326 e. The van der Waals surface area contributed by atoms with Gasteiger partial charge in [0, 0.05) is 25.7 Å². The van der Waals surface area contributed by atoms with E-state index < -0.39 is 6.04 Å². The van der Waals surface area contributed by atoms with Crippen molar-refractivity contribution in [1.82, 2.24) is 4.90 Å². The SMILES string of the molecule is CC(=O)Nc1ccc(N2C(=O)C[C@H](N3CCc4ccccc4C3)C2=O)cc1. The summed E-state index contributed by atoms with van der Waals surface area (Å²) in [6.45, 7) is 2.90. The molecule has 0 aromatic heterocycles. The number of imide groups is 1. The minimum Gasteiger partial charge on any atom is -0.326 e. The van der Waals surface area contributed by atoms with E-state index in [0.29, 0.717) is 17.9 Å². The van der Waals surface area contributed by atoms with Gasteiger partial charge in [0.25, 0.3) is 5.91 Å². The van der Waals surface area contributed by atoms with E-state index in [1.54, 1.807) is 24.3 Å². The van der Waals surface area contributed by atoms with Gasteiger partial charge in [0.1, 0.15) is 0 Å². The molecule has 1 saturated heterocycles. The van der Waals surface area contributed by atoms with E-state index in [4.69, 9.17) is 0 Å². The molecule has 0 spiro atoms. The molecule has 27 heavy (non-hydrogen) atoms. The number of hydrogen-bond acceptors (Lipinski definition) is 4. The zero-order valence-corrected chi connectivity index (χ0v) is 15.1. The Bertz CT molecular complexity index is 907. The van der Waals surface area contributed by atoms with Crippen LogP contribution in [0.2, 0.25) is 0 Å². The predicted molar refractivity (Wildman–Crippen MR) is 102 cm³/mol. The van der Waals surface area contributed by atoms with Crippen molar-refractivity contribution in [1.29, 1.82) is 0 Å². The first-order chi connectivity index (χ1) is 13.0. The molecule has 1 atom stereocenters. The smallest absolute Gasteiger partial charge is 0.251 e. The highest BCUT2D eigenvalue weighted by Gasteiger charge is 2.43. The normalized spacial score (nSPS) is 19.9. The maximum atomic E-state index is 13.0. The summed E-state index contributed by atoms with van der Waals surface area (Å²) in [6, 6.07) is 14.6. The number of hydrogen-bond donors (Lipinski definition) is 1. The Morgan fingerprint density at radius 2 is 1.74 bits per heavy atom. The number of rotatable bonds is 3. The molecule has 2 aliphatic rings. The number of carbonyl (C=O) groups excluding carboxylic acids is 3. The maximum Gasteiger partial charge on any atom is 0.251 e. The number of carbonyl (C=O) groups is 3. The van der Waals surface area contributed by atoms with Gasteiger partial charge in [0.05, 0.1) is 18.2 Å².